The summed E-state index contributed by atoms with van der Waals surface area (Å²) in [5.74, 6) is -0.0840. The molecule has 0 aliphatic heterocycles. The minimum Gasteiger partial charge on any atom is -0.497 e. The van der Waals surface area contributed by atoms with Gasteiger partial charge in [0.25, 0.3) is 0 Å². The average Bonchev–Trinajstić information content (AvgIpc) is 2.68. The Morgan fingerprint density at radius 3 is 2.42 bits per heavy atom. The number of benzene rings is 2. The second-order valence-corrected chi connectivity index (χ2v) is 6.91. The smallest absolute Gasteiger partial charge is 0.340 e. The van der Waals surface area contributed by atoms with Crippen LogP contribution >= 0.6 is 0 Å². The van der Waals surface area contributed by atoms with E-state index in [1.54, 1.807) is 18.2 Å². The van der Waals surface area contributed by atoms with Crippen LogP contribution in [-0.4, -0.2) is 40.0 Å². The van der Waals surface area contributed by atoms with Crippen molar-refractivity contribution in [3.63, 3.8) is 0 Å². The van der Waals surface area contributed by atoms with Crippen molar-refractivity contribution in [1.29, 1.82) is 5.26 Å². The van der Waals surface area contributed by atoms with E-state index < -0.39 is 20.6 Å². The summed E-state index contributed by atoms with van der Waals surface area (Å²) < 4.78 is 32.7. The topological polar surface area (TPSA) is 109 Å². The molecule has 8 heteroatoms. The Hall–Kier alpha value is -3.15. The van der Waals surface area contributed by atoms with Gasteiger partial charge in [0.15, 0.2) is 4.86 Å². The molecule has 0 heterocycles. The van der Waals surface area contributed by atoms with Gasteiger partial charge in [0.1, 0.15) is 21.6 Å². The molecular weight excluding hydrogens is 356 g/mol. The molecule has 134 valence electrons. The second-order valence-electron chi connectivity index (χ2n) is 4.94. The Morgan fingerprint density at radius 1 is 1.19 bits per heavy atom. The maximum Gasteiger partial charge on any atom is 0.340 e. The minimum absolute atomic E-state index is 0.0440. The van der Waals surface area contributed by atoms with Crippen LogP contribution in [0.2, 0.25) is 0 Å². The third-order valence-electron chi connectivity index (χ3n) is 3.42. The monoisotopic (exact) mass is 372 g/mol. The Labute approximate surface area is 151 Å². The predicted molar refractivity (Wildman–Crippen MR) is 98.6 cm³/mol. The number of esters is 1. The first-order valence-electron chi connectivity index (χ1n) is 7.33. The van der Waals surface area contributed by atoms with E-state index in [0.29, 0.717) is 5.75 Å². The van der Waals surface area contributed by atoms with Crippen LogP contribution in [0.15, 0.2) is 58.4 Å². The van der Waals surface area contributed by atoms with Crippen LogP contribution in [0.4, 0.5) is 5.69 Å². The number of aliphatic imine (C=N–C) groups is 1. The van der Waals surface area contributed by atoms with Crippen molar-refractivity contribution in [2.75, 3.05) is 14.2 Å². The molecule has 7 nitrogen and oxygen atoms in total. The summed E-state index contributed by atoms with van der Waals surface area (Å²) in [6.45, 7) is 0. The lowest BCUT2D eigenvalue weighted by molar-refractivity contribution is 0.0601. The van der Waals surface area contributed by atoms with E-state index in [4.69, 9.17) is 4.74 Å². The van der Waals surface area contributed by atoms with Gasteiger partial charge < -0.3 is 14.0 Å². The van der Waals surface area contributed by atoms with Crippen LogP contribution in [0.1, 0.15) is 10.4 Å². The van der Waals surface area contributed by atoms with Crippen LogP contribution in [0.25, 0.3) is 0 Å². The van der Waals surface area contributed by atoms with Gasteiger partial charge in [-0.2, -0.15) is 5.26 Å². The molecule has 0 amide bonds. The average molecular weight is 372 g/mol. The fourth-order valence-corrected chi connectivity index (χ4v) is 3.12. The Morgan fingerprint density at radius 2 is 1.85 bits per heavy atom. The fraction of sp³-hybridized carbons (Fsp3) is 0.111. The number of hydrogen-bond donors (Lipinski definition) is 1. The van der Waals surface area contributed by atoms with Gasteiger partial charge in [-0.3, -0.25) is 4.99 Å². The molecule has 2 rings (SSSR count). The number of carbonyl (C=O) groups is 1. The van der Waals surface area contributed by atoms with E-state index >= 15 is 0 Å². The molecule has 2 aromatic carbocycles. The van der Waals surface area contributed by atoms with Crippen LogP contribution in [0, 0.1) is 11.3 Å². The van der Waals surface area contributed by atoms with Gasteiger partial charge in [-0.25, -0.2) is 9.00 Å². The van der Waals surface area contributed by atoms with E-state index in [0.717, 1.165) is 6.21 Å². The van der Waals surface area contributed by atoms with Gasteiger partial charge in [0.05, 0.1) is 36.6 Å². The Bertz CT molecular complexity index is 997. The van der Waals surface area contributed by atoms with Gasteiger partial charge in [0.2, 0.25) is 0 Å². The summed E-state index contributed by atoms with van der Waals surface area (Å²) in [5, 5.41) is 9.29. The molecular formula is C18H16N2O5S. The highest BCUT2D eigenvalue weighted by molar-refractivity contribution is 7.98. The number of carbonyl (C=O) groups excluding carboxylic acids is 1. The van der Waals surface area contributed by atoms with Crippen molar-refractivity contribution >= 4 is 32.5 Å². The molecule has 0 bridgehead atoms. The van der Waals surface area contributed by atoms with Crippen LogP contribution in [0.3, 0.4) is 0 Å². The van der Waals surface area contributed by atoms with Crippen molar-refractivity contribution in [2.45, 2.75) is 4.90 Å². The zero-order valence-corrected chi connectivity index (χ0v) is 14.9. The van der Waals surface area contributed by atoms with Crippen molar-refractivity contribution in [3.8, 4) is 11.8 Å². The molecule has 0 spiro atoms. The van der Waals surface area contributed by atoms with Crippen molar-refractivity contribution in [2.24, 2.45) is 4.99 Å². The first-order chi connectivity index (χ1) is 12.4. The summed E-state index contributed by atoms with van der Waals surface area (Å²) in [7, 11) is -1.09. The third kappa shape index (κ3) is 4.08. The fourth-order valence-electron chi connectivity index (χ4n) is 2.05. The summed E-state index contributed by atoms with van der Waals surface area (Å²) >= 11 is 0. The maximum absolute atomic E-state index is 12.7. The zero-order chi connectivity index (χ0) is 19.2. The Balaban J connectivity index is 2.50. The summed E-state index contributed by atoms with van der Waals surface area (Å²) in [5.41, 5.74) is 0.398. The molecule has 0 saturated heterocycles. The highest BCUT2D eigenvalue weighted by Gasteiger charge is 2.15. The van der Waals surface area contributed by atoms with E-state index in [1.165, 1.54) is 50.6 Å². The highest BCUT2D eigenvalue weighted by Crippen LogP contribution is 2.20. The number of rotatable bonds is 5. The van der Waals surface area contributed by atoms with Crippen LogP contribution < -0.4 is 4.74 Å². The molecule has 0 radical (unpaired) electrons. The van der Waals surface area contributed by atoms with Crippen LogP contribution in [-0.2, 0) is 14.5 Å². The number of methoxy groups -OCH3 is 2. The first kappa shape index (κ1) is 19.2. The summed E-state index contributed by atoms with van der Waals surface area (Å²) in [6, 6.07) is 13.8. The normalized spacial score (nSPS) is 12.8. The number of hydrogen-bond acceptors (Lipinski definition) is 6. The lowest BCUT2D eigenvalue weighted by Crippen LogP contribution is -2.14. The Kier molecular flexibility index (Phi) is 6.11. The van der Waals surface area contributed by atoms with E-state index in [9.17, 15) is 18.8 Å². The number of ether oxygens (including phenoxy) is 2. The van der Waals surface area contributed by atoms with Crippen molar-refractivity contribution in [1.82, 2.24) is 0 Å². The first-order valence-corrected chi connectivity index (χ1v) is 8.84. The zero-order valence-electron chi connectivity index (χ0n) is 14.1. The van der Waals surface area contributed by atoms with Crippen molar-refractivity contribution < 1.29 is 23.0 Å². The molecule has 26 heavy (non-hydrogen) atoms. The lowest BCUT2D eigenvalue weighted by Gasteiger charge is -2.07. The number of nitriles is 1. The van der Waals surface area contributed by atoms with Crippen molar-refractivity contribution in [3.05, 3.63) is 54.1 Å². The largest absolute Gasteiger partial charge is 0.497 e. The lowest BCUT2D eigenvalue weighted by atomic mass is 10.2. The molecule has 0 saturated carbocycles. The molecule has 0 aliphatic rings. The molecule has 1 unspecified atom stereocenters. The van der Waals surface area contributed by atoms with E-state index in [-0.39, 0.29) is 16.1 Å². The molecule has 0 aromatic heterocycles. The maximum atomic E-state index is 12.7. The summed E-state index contributed by atoms with van der Waals surface area (Å²) in [6.07, 6.45) is 0.980. The molecule has 2 aromatic rings. The van der Waals surface area contributed by atoms with E-state index in [2.05, 4.69) is 9.73 Å². The molecule has 0 aliphatic carbocycles. The SMILES string of the molecule is COC(=O)c1ccccc1N=CC(C#N)=S(=O)(O)c1ccc(OC)cc1. The summed E-state index contributed by atoms with van der Waals surface area (Å²) in [4.78, 5) is 15.4. The third-order valence-corrected chi connectivity index (χ3v) is 5.12. The van der Waals surface area contributed by atoms with Gasteiger partial charge in [0, 0.05) is 0 Å². The van der Waals surface area contributed by atoms with E-state index in [1.807, 2.05) is 0 Å². The van der Waals surface area contributed by atoms with Gasteiger partial charge in [-0.05, 0) is 36.4 Å². The van der Waals surface area contributed by atoms with Gasteiger partial charge in [-0.15, -0.1) is 0 Å². The van der Waals surface area contributed by atoms with Gasteiger partial charge in [-0.1, -0.05) is 12.1 Å². The van der Waals surface area contributed by atoms with Gasteiger partial charge >= 0.3 is 5.97 Å². The standard InChI is InChI=1S/C18H16N2O5S/c1-24-13-7-9-14(10-8-13)26(22,23)15(11-19)12-20-17-6-4-3-5-16(17)18(21)25-2/h3-10,12H,1-2H3,(H,22,23). The molecule has 0 fully saturated rings. The quantitative estimate of drug-likeness (QED) is 0.491. The molecule has 1 atom stereocenters. The second kappa shape index (κ2) is 8.29. The van der Waals surface area contributed by atoms with Crippen LogP contribution in [0.5, 0.6) is 5.75 Å². The predicted octanol–water partition coefficient (Wildman–Crippen LogP) is 2.70. The number of para-hydroxylation sites is 1. The number of nitrogens with zero attached hydrogens (tertiary/aromatic N) is 2. The minimum atomic E-state index is -3.80. The molecule has 1 N–H and O–H groups in total. The highest BCUT2D eigenvalue weighted by atomic mass is 32.2.